The van der Waals surface area contributed by atoms with Crippen molar-refractivity contribution in [3.8, 4) is 0 Å². The van der Waals surface area contributed by atoms with Gasteiger partial charge in [0.15, 0.2) is 0 Å². The standard InChI is InChI=1S/C19H35BN2O/c1-14(2)21-19(20)9-7-5-6-8-17-16(11-19)10-18(12-23-13-18)22(17)15(3)4/h14-15,21H,5-13,20H2,1-4H3. The first kappa shape index (κ1) is 17.4. The molecule has 0 radical (unpaired) electrons. The lowest BCUT2D eigenvalue weighted by Crippen LogP contribution is -2.61. The molecule has 3 rings (SSSR count). The maximum Gasteiger partial charge on any atom is 0.128 e. The van der Waals surface area contributed by atoms with Gasteiger partial charge < -0.3 is 15.0 Å². The lowest BCUT2D eigenvalue weighted by molar-refractivity contribution is -0.128. The van der Waals surface area contributed by atoms with Crippen molar-refractivity contribution in [2.24, 2.45) is 0 Å². The van der Waals surface area contributed by atoms with Crippen molar-refractivity contribution in [2.45, 2.75) is 95.7 Å². The van der Waals surface area contributed by atoms with E-state index in [4.69, 9.17) is 4.74 Å². The van der Waals surface area contributed by atoms with Gasteiger partial charge in [0.25, 0.3) is 0 Å². The molecule has 1 N–H and O–H groups in total. The molecule has 0 saturated carbocycles. The lowest BCUT2D eigenvalue weighted by Gasteiger charge is -2.50. The van der Waals surface area contributed by atoms with Crippen molar-refractivity contribution in [2.75, 3.05) is 13.2 Å². The van der Waals surface area contributed by atoms with Crippen LogP contribution in [0.3, 0.4) is 0 Å². The molecule has 4 heteroatoms. The van der Waals surface area contributed by atoms with Gasteiger partial charge in [0.2, 0.25) is 0 Å². The summed E-state index contributed by atoms with van der Waals surface area (Å²) in [6.45, 7) is 11.1. The Hall–Kier alpha value is -0.475. The maximum absolute atomic E-state index is 5.67. The fourth-order valence-corrected chi connectivity index (χ4v) is 5.30. The third-order valence-corrected chi connectivity index (χ3v) is 5.89. The fraction of sp³-hybridized carbons (Fsp3) is 0.895. The van der Waals surface area contributed by atoms with Crippen molar-refractivity contribution in [1.29, 1.82) is 0 Å². The van der Waals surface area contributed by atoms with E-state index >= 15 is 0 Å². The second-order valence-electron chi connectivity index (χ2n) is 9.01. The highest BCUT2D eigenvalue weighted by Gasteiger charge is 2.51. The molecule has 1 fully saturated rings. The summed E-state index contributed by atoms with van der Waals surface area (Å²) in [4.78, 5) is 2.74. The predicted molar refractivity (Wildman–Crippen MR) is 99.4 cm³/mol. The maximum atomic E-state index is 5.67. The van der Waals surface area contributed by atoms with E-state index in [-0.39, 0.29) is 11.0 Å². The summed E-state index contributed by atoms with van der Waals surface area (Å²) in [5.41, 5.74) is 3.93. The van der Waals surface area contributed by atoms with Crippen molar-refractivity contribution in [3.05, 3.63) is 11.3 Å². The van der Waals surface area contributed by atoms with E-state index in [0.717, 1.165) is 13.2 Å². The van der Waals surface area contributed by atoms with Gasteiger partial charge in [-0.3, -0.25) is 0 Å². The van der Waals surface area contributed by atoms with E-state index in [1.165, 1.54) is 44.9 Å². The molecule has 1 aliphatic carbocycles. The van der Waals surface area contributed by atoms with Gasteiger partial charge >= 0.3 is 0 Å². The molecule has 1 unspecified atom stereocenters. The van der Waals surface area contributed by atoms with E-state index in [1.807, 2.05) is 0 Å². The molecule has 0 aromatic carbocycles. The monoisotopic (exact) mass is 318 g/mol. The van der Waals surface area contributed by atoms with Gasteiger partial charge in [-0.15, -0.1) is 0 Å². The Morgan fingerprint density at radius 2 is 1.83 bits per heavy atom. The second kappa shape index (κ2) is 6.44. The van der Waals surface area contributed by atoms with Crippen LogP contribution < -0.4 is 5.32 Å². The van der Waals surface area contributed by atoms with Gasteiger partial charge in [-0.1, -0.05) is 26.7 Å². The van der Waals surface area contributed by atoms with Crippen molar-refractivity contribution < 1.29 is 4.74 Å². The highest BCUT2D eigenvalue weighted by molar-refractivity contribution is 6.15. The summed E-state index contributed by atoms with van der Waals surface area (Å²) in [6, 6.07) is 1.13. The van der Waals surface area contributed by atoms with Crippen LogP contribution in [0.4, 0.5) is 0 Å². The third-order valence-electron chi connectivity index (χ3n) is 5.89. The summed E-state index contributed by atoms with van der Waals surface area (Å²) < 4.78 is 5.67. The van der Waals surface area contributed by atoms with E-state index in [9.17, 15) is 0 Å². The number of nitrogens with zero attached hydrogens (tertiary/aromatic N) is 1. The van der Waals surface area contributed by atoms with Crippen LogP contribution in [0, 0.1) is 0 Å². The van der Waals surface area contributed by atoms with Crippen LogP contribution in [0.1, 0.15) is 72.6 Å². The van der Waals surface area contributed by atoms with E-state index < -0.39 is 0 Å². The van der Waals surface area contributed by atoms with Crippen LogP contribution in [-0.2, 0) is 4.74 Å². The minimum absolute atomic E-state index is 0.248. The van der Waals surface area contributed by atoms with E-state index in [0.29, 0.717) is 12.1 Å². The van der Waals surface area contributed by atoms with Crippen LogP contribution in [0.5, 0.6) is 0 Å². The zero-order chi connectivity index (χ0) is 16.7. The normalized spacial score (nSPS) is 31.1. The summed E-state index contributed by atoms with van der Waals surface area (Å²) in [5.74, 6) is 0. The Bertz CT molecular complexity index is 470. The second-order valence-corrected chi connectivity index (χ2v) is 9.01. The minimum atomic E-state index is 0.248. The smallest absolute Gasteiger partial charge is 0.128 e. The average molecular weight is 318 g/mol. The van der Waals surface area contributed by atoms with Gasteiger partial charge in [0.1, 0.15) is 7.85 Å². The van der Waals surface area contributed by atoms with Crippen LogP contribution in [0.2, 0.25) is 0 Å². The third kappa shape index (κ3) is 3.35. The van der Waals surface area contributed by atoms with Crippen molar-refractivity contribution >= 4 is 7.85 Å². The average Bonchev–Trinajstić information content (AvgIpc) is 2.73. The molecule has 1 atom stereocenters. The van der Waals surface area contributed by atoms with Crippen molar-refractivity contribution in [3.63, 3.8) is 0 Å². The molecule has 3 nitrogen and oxygen atoms in total. The summed E-state index contributed by atoms with van der Waals surface area (Å²) in [6.07, 6.45) is 9.08. The Morgan fingerprint density at radius 1 is 1.09 bits per heavy atom. The van der Waals surface area contributed by atoms with Crippen LogP contribution in [0.25, 0.3) is 0 Å². The van der Waals surface area contributed by atoms with Crippen molar-refractivity contribution in [1.82, 2.24) is 10.2 Å². The molecular weight excluding hydrogens is 283 g/mol. The Kier molecular flexibility index (Phi) is 4.86. The molecular formula is C19H35BN2O. The Labute approximate surface area is 143 Å². The lowest BCUT2D eigenvalue weighted by atomic mass is 9.68. The Balaban J connectivity index is 1.90. The number of hydrogen-bond acceptors (Lipinski definition) is 3. The molecule has 3 aliphatic rings. The molecule has 1 spiro atoms. The molecule has 2 aliphatic heterocycles. The molecule has 0 aromatic heterocycles. The molecule has 0 bridgehead atoms. The first-order valence-corrected chi connectivity index (χ1v) is 9.71. The minimum Gasteiger partial charge on any atom is -0.376 e. The predicted octanol–water partition coefficient (Wildman–Crippen LogP) is 2.81. The van der Waals surface area contributed by atoms with Crippen LogP contribution in [0.15, 0.2) is 11.3 Å². The fourth-order valence-electron chi connectivity index (χ4n) is 5.30. The summed E-state index contributed by atoms with van der Waals surface area (Å²) in [7, 11) is 2.45. The molecule has 0 aromatic rings. The Morgan fingerprint density at radius 3 is 2.39 bits per heavy atom. The van der Waals surface area contributed by atoms with Gasteiger partial charge in [-0.25, -0.2) is 0 Å². The zero-order valence-electron chi connectivity index (χ0n) is 15.9. The van der Waals surface area contributed by atoms with E-state index in [2.05, 4.69) is 45.8 Å². The number of rotatable bonds is 3. The van der Waals surface area contributed by atoms with Crippen LogP contribution >= 0.6 is 0 Å². The highest BCUT2D eigenvalue weighted by Crippen LogP contribution is 2.47. The SMILES string of the molecule is BC1(NC(C)C)CCCCCC2=C(C1)CC1(COC1)N2C(C)C. The zero-order valence-corrected chi connectivity index (χ0v) is 15.9. The molecule has 23 heavy (non-hydrogen) atoms. The topological polar surface area (TPSA) is 24.5 Å². The van der Waals surface area contributed by atoms with Gasteiger partial charge in [-0.05, 0) is 57.0 Å². The number of nitrogens with one attached hydrogen (secondary N) is 1. The summed E-state index contributed by atoms with van der Waals surface area (Å²) in [5, 5.41) is 3.89. The molecule has 130 valence electrons. The molecule has 1 saturated heterocycles. The van der Waals surface area contributed by atoms with E-state index in [1.54, 1.807) is 11.3 Å². The molecule has 0 amide bonds. The van der Waals surface area contributed by atoms with Gasteiger partial charge in [0, 0.05) is 17.8 Å². The highest BCUT2D eigenvalue weighted by atomic mass is 16.5. The first-order valence-electron chi connectivity index (χ1n) is 9.71. The largest absolute Gasteiger partial charge is 0.376 e. The summed E-state index contributed by atoms with van der Waals surface area (Å²) >= 11 is 0. The van der Waals surface area contributed by atoms with Crippen LogP contribution in [-0.4, -0.2) is 49.0 Å². The van der Waals surface area contributed by atoms with Gasteiger partial charge in [0.05, 0.1) is 18.8 Å². The first-order chi connectivity index (χ1) is 10.9. The number of allylic oxidation sites excluding steroid dienone is 1. The van der Waals surface area contributed by atoms with Gasteiger partial charge in [-0.2, -0.15) is 0 Å². The molecule has 2 heterocycles. The number of ether oxygens (including phenoxy) is 1. The number of hydrogen-bond donors (Lipinski definition) is 1. The quantitative estimate of drug-likeness (QED) is 0.810.